The molecule has 0 aliphatic carbocycles. The van der Waals surface area contributed by atoms with Gasteiger partial charge in [0.05, 0.1) is 6.54 Å². The second-order valence-electron chi connectivity index (χ2n) is 6.40. The highest BCUT2D eigenvalue weighted by Crippen LogP contribution is 2.34. The number of hydrogen-bond donors (Lipinski definition) is 0. The van der Waals surface area contributed by atoms with E-state index in [1.54, 1.807) is 0 Å². The molecule has 4 heteroatoms. The quantitative estimate of drug-likeness (QED) is 0.835. The lowest BCUT2D eigenvalue weighted by Gasteiger charge is -2.41. The van der Waals surface area contributed by atoms with Gasteiger partial charge >= 0.3 is 6.09 Å². The molecule has 0 spiro atoms. The number of likely N-dealkylation sites (tertiary alicyclic amines) is 1. The number of cyclic esters (lactones) is 1. The molecule has 0 saturated carbocycles. The number of nitrogens with zero attached hydrogens (tertiary/aromatic N) is 2. The lowest BCUT2D eigenvalue weighted by atomic mass is 9.91. The van der Waals surface area contributed by atoms with Crippen LogP contribution in [0.5, 0.6) is 0 Å². The number of amides is 1. The van der Waals surface area contributed by atoms with Crippen molar-refractivity contribution in [2.75, 3.05) is 26.2 Å². The predicted molar refractivity (Wildman–Crippen MR) is 86.7 cm³/mol. The molecule has 3 rings (SSSR count). The van der Waals surface area contributed by atoms with Gasteiger partial charge in [-0.25, -0.2) is 4.79 Å². The Labute approximate surface area is 133 Å². The SMILES string of the molecule is C[C@@H]1CCC[C@@H](c2ccccc2)N1CCCN1CCOC1=O. The summed E-state index contributed by atoms with van der Waals surface area (Å²) in [5.41, 5.74) is 1.43. The number of benzene rings is 1. The number of piperidine rings is 1. The number of carbonyl (C=O) groups is 1. The van der Waals surface area contributed by atoms with E-state index in [1.165, 1.54) is 24.8 Å². The van der Waals surface area contributed by atoms with Gasteiger partial charge in [0.25, 0.3) is 0 Å². The van der Waals surface area contributed by atoms with Gasteiger partial charge in [-0.2, -0.15) is 0 Å². The highest BCUT2D eigenvalue weighted by molar-refractivity contribution is 5.69. The molecule has 0 radical (unpaired) electrons. The molecule has 1 aromatic carbocycles. The Balaban J connectivity index is 1.59. The molecule has 4 nitrogen and oxygen atoms in total. The van der Waals surface area contributed by atoms with E-state index in [0.717, 1.165) is 26.1 Å². The third kappa shape index (κ3) is 3.43. The molecular weight excluding hydrogens is 276 g/mol. The molecule has 2 atom stereocenters. The monoisotopic (exact) mass is 302 g/mol. The first-order valence-electron chi connectivity index (χ1n) is 8.48. The average molecular weight is 302 g/mol. The largest absolute Gasteiger partial charge is 0.448 e. The Hall–Kier alpha value is -1.55. The number of carbonyl (C=O) groups excluding carboxylic acids is 1. The molecule has 22 heavy (non-hydrogen) atoms. The smallest absolute Gasteiger partial charge is 0.409 e. The maximum absolute atomic E-state index is 11.5. The first kappa shape index (κ1) is 15.3. The van der Waals surface area contributed by atoms with E-state index in [2.05, 4.69) is 42.2 Å². The van der Waals surface area contributed by atoms with Crippen LogP contribution in [0.2, 0.25) is 0 Å². The molecule has 0 aromatic heterocycles. The molecule has 1 amide bonds. The molecule has 0 N–H and O–H groups in total. The van der Waals surface area contributed by atoms with Crippen LogP contribution in [0.15, 0.2) is 30.3 Å². The van der Waals surface area contributed by atoms with Gasteiger partial charge in [-0.1, -0.05) is 36.8 Å². The van der Waals surface area contributed by atoms with E-state index >= 15 is 0 Å². The normalized spacial score (nSPS) is 26.2. The van der Waals surface area contributed by atoms with Gasteiger partial charge in [0.15, 0.2) is 0 Å². The predicted octanol–water partition coefficient (Wildman–Crippen LogP) is 3.44. The van der Waals surface area contributed by atoms with Crippen LogP contribution in [0.3, 0.4) is 0 Å². The zero-order valence-corrected chi connectivity index (χ0v) is 13.4. The van der Waals surface area contributed by atoms with Crippen molar-refractivity contribution in [2.24, 2.45) is 0 Å². The maximum atomic E-state index is 11.5. The van der Waals surface area contributed by atoms with Crippen molar-refractivity contribution >= 4 is 6.09 Å². The van der Waals surface area contributed by atoms with Gasteiger partial charge in [-0.05, 0) is 31.7 Å². The maximum Gasteiger partial charge on any atom is 0.409 e. The molecule has 2 aliphatic rings. The third-order valence-electron chi connectivity index (χ3n) is 4.94. The Morgan fingerprint density at radius 2 is 2.00 bits per heavy atom. The fourth-order valence-electron chi connectivity index (χ4n) is 3.73. The lowest BCUT2D eigenvalue weighted by molar-refractivity contribution is 0.0879. The van der Waals surface area contributed by atoms with Crippen molar-refractivity contribution in [1.29, 1.82) is 0 Å². The van der Waals surface area contributed by atoms with Crippen LogP contribution in [-0.2, 0) is 4.74 Å². The minimum atomic E-state index is -0.147. The average Bonchev–Trinajstić information content (AvgIpc) is 2.95. The zero-order chi connectivity index (χ0) is 15.4. The standard InChI is InChI=1S/C18H26N2O2/c1-15-7-5-10-17(16-8-3-2-4-9-16)20(15)12-6-11-19-13-14-22-18(19)21/h2-4,8-9,15,17H,5-7,10-14H2,1H3/t15-,17+/m1/s1. The molecule has 0 unspecified atom stereocenters. The van der Waals surface area contributed by atoms with Crippen LogP contribution in [-0.4, -0.2) is 48.2 Å². The minimum Gasteiger partial charge on any atom is -0.448 e. The van der Waals surface area contributed by atoms with Crippen LogP contribution >= 0.6 is 0 Å². The van der Waals surface area contributed by atoms with Gasteiger partial charge in [0.2, 0.25) is 0 Å². The third-order valence-corrected chi connectivity index (χ3v) is 4.94. The Bertz CT molecular complexity index is 491. The van der Waals surface area contributed by atoms with Crippen molar-refractivity contribution in [3.05, 3.63) is 35.9 Å². The molecule has 2 aliphatic heterocycles. The fraction of sp³-hybridized carbons (Fsp3) is 0.611. The van der Waals surface area contributed by atoms with Crippen LogP contribution in [0, 0.1) is 0 Å². The zero-order valence-electron chi connectivity index (χ0n) is 13.4. The van der Waals surface area contributed by atoms with E-state index in [4.69, 9.17) is 4.74 Å². The summed E-state index contributed by atoms with van der Waals surface area (Å²) in [4.78, 5) is 15.9. The van der Waals surface area contributed by atoms with Gasteiger partial charge in [-0.15, -0.1) is 0 Å². The van der Waals surface area contributed by atoms with Crippen LogP contribution in [0.1, 0.15) is 44.2 Å². The van der Waals surface area contributed by atoms with Crippen LogP contribution < -0.4 is 0 Å². The summed E-state index contributed by atoms with van der Waals surface area (Å²) >= 11 is 0. The molecule has 2 heterocycles. The molecule has 2 saturated heterocycles. The highest BCUT2D eigenvalue weighted by atomic mass is 16.6. The van der Waals surface area contributed by atoms with E-state index in [9.17, 15) is 4.79 Å². The number of rotatable bonds is 5. The van der Waals surface area contributed by atoms with Crippen LogP contribution in [0.25, 0.3) is 0 Å². The highest BCUT2D eigenvalue weighted by Gasteiger charge is 2.29. The van der Waals surface area contributed by atoms with Crippen molar-refractivity contribution in [3.63, 3.8) is 0 Å². The summed E-state index contributed by atoms with van der Waals surface area (Å²) in [6, 6.07) is 12.0. The first-order chi connectivity index (χ1) is 10.8. The molecule has 2 fully saturated rings. The summed E-state index contributed by atoms with van der Waals surface area (Å²) < 4.78 is 4.99. The molecular formula is C18H26N2O2. The molecule has 0 bridgehead atoms. The lowest BCUT2D eigenvalue weighted by Crippen LogP contribution is -2.41. The van der Waals surface area contributed by atoms with Crippen molar-refractivity contribution in [3.8, 4) is 0 Å². The summed E-state index contributed by atoms with van der Waals surface area (Å²) in [5.74, 6) is 0. The first-order valence-corrected chi connectivity index (χ1v) is 8.48. The van der Waals surface area contributed by atoms with Crippen LogP contribution in [0.4, 0.5) is 4.79 Å². The second kappa shape index (κ2) is 7.14. The van der Waals surface area contributed by atoms with E-state index < -0.39 is 0 Å². The summed E-state index contributed by atoms with van der Waals surface area (Å²) in [5, 5.41) is 0. The van der Waals surface area contributed by atoms with Crippen molar-refractivity contribution in [1.82, 2.24) is 9.80 Å². The Morgan fingerprint density at radius 3 is 2.73 bits per heavy atom. The van der Waals surface area contributed by atoms with Gasteiger partial charge in [0.1, 0.15) is 6.61 Å². The van der Waals surface area contributed by atoms with Gasteiger partial charge in [0, 0.05) is 25.2 Å². The van der Waals surface area contributed by atoms with Crippen molar-refractivity contribution in [2.45, 2.75) is 44.7 Å². The second-order valence-corrected chi connectivity index (χ2v) is 6.40. The van der Waals surface area contributed by atoms with Crippen molar-refractivity contribution < 1.29 is 9.53 Å². The fourth-order valence-corrected chi connectivity index (χ4v) is 3.73. The van der Waals surface area contributed by atoms with E-state index in [-0.39, 0.29) is 6.09 Å². The van der Waals surface area contributed by atoms with E-state index in [0.29, 0.717) is 18.7 Å². The molecule has 120 valence electrons. The minimum absolute atomic E-state index is 0.147. The molecule has 1 aromatic rings. The van der Waals surface area contributed by atoms with Gasteiger partial charge in [-0.3, -0.25) is 4.90 Å². The summed E-state index contributed by atoms with van der Waals surface area (Å²) in [7, 11) is 0. The van der Waals surface area contributed by atoms with E-state index in [1.807, 2.05) is 4.90 Å². The Kier molecular flexibility index (Phi) is 4.98. The summed E-state index contributed by atoms with van der Waals surface area (Å²) in [6.07, 6.45) is 4.68. The Morgan fingerprint density at radius 1 is 1.18 bits per heavy atom. The number of ether oxygens (including phenoxy) is 1. The topological polar surface area (TPSA) is 32.8 Å². The van der Waals surface area contributed by atoms with Gasteiger partial charge < -0.3 is 9.64 Å². The summed E-state index contributed by atoms with van der Waals surface area (Å²) in [6.45, 7) is 5.48. The number of hydrogen-bond acceptors (Lipinski definition) is 3.